The zero-order valence-corrected chi connectivity index (χ0v) is 22.9. The van der Waals surface area contributed by atoms with Crippen LogP contribution in [0.15, 0.2) is 42.5 Å². The van der Waals surface area contributed by atoms with Gasteiger partial charge in [-0.25, -0.2) is 8.42 Å². The lowest BCUT2D eigenvalue weighted by Gasteiger charge is -2.30. The van der Waals surface area contributed by atoms with E-state index in [1.807, 2.05) is 45.0 Å². The summed E-state index contributed by atoms with van der Waals surface area (Å²) in [4.78, 5) is 27.6. The average Bonchev–Trinajstić information content (AvgIpc) is 2.76. The zero-order chi connectivity index (χ0) is 26.3. The van der Waals surface area contributed by atoms with Gasteiger partial charge in [0.1, 0.15) is 6.04 Å². The second kappa shape index (κ2) is 12.4. The minimum Gasteiger partial charge on any atom is -0.352 e. The van der Waals surface area contributed by atoms with E-state index in [4.69, 9.17) is 11.6 Å². The molecule has 35 heavy (non-hydrogen) atoms. The molecule has 2 aromatic carbocycles. The van der Waals surface area contributed by atoms with Crippen LogP contribution in [0.25, 0.3) is 0 Å². The van der Waals surface area contributed by atoms with E-state index in [9.17, 15) is 18.0 Å². The molecule has 0 heterocycles. The number of aryl methyl sites for hydroxylation is 1. The largest absolute Gasteiger partial charge is 0.352 e. The predicted molar refractivity (Wildman–Crippen MR) is 142 cm³/mol. The highest BCUT2D eigenvalue weighted by atomic mass is 35.5. The van der Waals surface area contributed by atoms with Crippen molar-refractivity contribution in [1.29, 1.82) is 0 Å². The van der Waals surface area contributed by atoms with Gasteiger partial charge in [-0.2, -0.15) is 0 Å². The van der Waals surface area contributed by atoms with Crippen LogP contribution in [0.2, 0.25) is 5.02 Å². The number of halogens is 1. The van der Waals surface area contributed by atoms with Crippen molar-refractivity contribution in [3.05, 3.63) is 64.2 Å². The Morgan fingerprint density at radius 2 is 1.69 bits per heavy atom. The molecule has 0 aliphatic heterocycles. The molecule has 0 radical (unpaired) electrons. The Morgan fingerprint density at radius 3 is 2.29 bits per heavy atom. The monoisotopic (exact) mass is 521 g/mol. The Hall–Kier alpha value is -2.58. The van der Waals surface area contributed by atoms with Crippen molar-refractivity contribution in [3.63, 3.8) is 0 Å². The van der Waals surface area contributed by atoms with Gasteiger partial charge in [0, 0.05) is 30.6 Å². The highest BCUT2D eigenvalue weighted by molar-refractivity contribution is 7.92. The molecule has 0 aromatic heterocycles. The van der Waals surface area contributed by atoms with E-state index in [1.165, 1.54) is 4.31 Å². The van der Waals surface area contributed by atoms with Crippen molar-refractivity contribution < 1.29 is 18.0 Å². The van der Waals surface area contributed by atoms with E-state index < -0.39 is 16.1 Å². The van der Waals surface area contributed by atoms with Crippen LogP contribution in [0, 0.1) is 13.8 Å². The number of anilines is 1. The van der Waals surface area contributed by atoms with E-state index in [0.29, 0.717) is 29.2 Å². The van der Waals surface area contributed by atoms with E-state index in [-0.39, 0.29) is 30.8 Å². The molecule has 0 unspecified atom stereocenters. The molecule has 2 rings (SSSR count). The Bertz CT molecular complexity index is 1150. The number of amides is 2. The number of nitrogens with zero attached hydrogens (tertiary/aromatic N) is 2. The lowest BCUT2D eigenvalue weighted by Crippen LogP contribution is -2.49. The lowest BCUT2D eigenvalue weighted by molar-refractivity contribution is -0.140. The summed E-state index contributed by atoms with van der Waals surface area (Å²) in [5.74, 6) is -0.440. The van der Waals surface area contributed by atoms with Crippen LogP contribution >= 0.6 is 11.6 Å². The maximum atomic E-state index is 13.3. The van der Waals surface area contributed by atoms with Gasteiger partial charge >= 0.3 is 0 Å². The number of hydrogen-bond acceptors (Lipinski definition) is 4. The van der Waals surface area contributed by atoms with Gasteiger partial charge in [0.05, 0.1) is 11.9 Å². The first-order chi connectivity index (χ1) is 16.3. The number of benzene rings is 2. The Kier molecular flexibility index (Phi) is 10.2. The van der Waals surface area contributed by atoms with Crippen molar-refractivity contribution >= 4 is 39.1 Å². The van der Waals surface area contributed by atoms with Gasteiger partial charge in [-0.05, 0) is 69.9 Å². The highest BCUT2D eigenvalue weighted by Gasteiger charge is 2.27. The average molecular weight is 522 g/mol. The predicted octanol–water partition coefficient (Wildman–Crippen LogP) is 4.44. The third-order valence-electron chi connectivity index (χ3n) is 5.86. The molecule has 192 valence electrons. The smallest absolute Gasteiger partial charge is 0.242 e. The first kappa shape index (κ1) is 28.7. The summed E-state index contributed by atoms with van der Waals surface area (Å²) >= 11 is 6.20. The normalized spacial score (nSPS) is 12.3. The van der Waals surface area contributed by atoms with Gasteiger partial charge in [-0.1, -0.05) is 41.9 Å². The van der Waals surface area contributed by atoms with Crippen molar-refractivity contribution in [3.8, 4) is 0 Å². The molecule has 0 aliphatic carbocycles. The number of carbonyl (C=O) groups is 2. The number of hydrogen-bond donors (Lipinski definition) is 1. The first-order valence-corrected chi connectivity index (χ1v) is 13.9. The number of carbonyl (C=O) groups excluding carboxylic acids is 2. The zero-order valence-electron chi connectivity index (χ0n) is 21.3. The third-order valence-corrected chi connectivity index (χ3v) is 7.45. The highest BCUT2D eigenvalue weighted by Crippen LogP contribution is 2.28. The molecular weight excluding hydrogens is 486 g/mol. The van der Waals surface area contributed by atoms with Gasteiger partial charge in [0.2, 0.25) is 21.8 Å². The van der Waals surface area contributed by atoms with Gasteiger partial charge in [0.15, 0.2) is 0 Å². The third kappa shape index (κ3) is 7.97. The molecule has 0 saturated carbocycles. The topological polar surface area (TPSA) is 86.8 Å². The van der Waals surface area contributed by atoms with Crippen molar-refractivity contribution in [2.75, 3.05) is 17.1 Å². The van der Waals surface area contributed by atoms with E-state index >= 15 is 0 Å². The summed E-state index contributed by atoms with van der Waals surface area (Å²) in [6.07, 6.45) is 1.52. The van der Waals surface area contributed by atoms with Crippen LogP contribution in [0.4, 0.5) is 5.69 Å². The fourth-order valence-corrected chi connectivity index (χ4v) is 4.99. The molecule has 0 fully saturated rings. The molecule has 1 N–H and O–H groups in total. The molecule has 0 saturated heterocycles. The Balaban J connectivity index is 2.22. The number of sulfonamides is 1. The number of rotatable bonds is 11. The Labute approximate surface area is 214 Å². The SMILES string of the molecule is Cc1ccccc1CN(C(=O)CCCN(c1cccc(Cl)c1C)S(C)(=O)=O)[C@@H](C)C(=O)NC(C)C. The van der Waals surface area contributed by atoms with Gasteiger partial charge in [-0.3, -0.25) is 13.9 Å². The maximum absolute atomic E-state index is 13.3. The van der Waals surface area contributed by atoms with Gasteiger partial charge in [0.25, 0.3) is 0 Å². The van der Waals surface area contributed by atoms with E-state index in [1.54, 1.807) is 36.9 Å². The molecule has 9 heteroatoms. The molecule has 0 spiro atoms. The quantitative estimate of drug-likeness (QED) is 0.473. The summed E-state index contributed by atoms with van der Waals surface area (Å²) in [6.45, 7) is 9.60. The van der Waals surface area contributed by atoms with Gasteiger partial charge < -0.3 is 10.2 Å². The van der Waals surface area contributed by atoms with Crippen molar-refractivity contribution in [1.82, 2.24) is 10.2 Å². The molecule has 0 aliphatic rings. The summed E-state index contributed by atoms with van der Waals surface area (Å²) in [7, 11) is -3.59. The minimum absolute atomic E-state index is 0.0513. The molecule has 2 aromatic rings. The molecule has 2 amide bonds. The van der Waals surface area contributed by atoms with Crippen molar-refractivity contribution in [2.45, 2.75) is 66.1 Å². The summed E-state index contributed by atoms with van der Waals surface area (Å²) in [6, 6.07) is 12.1. The standard InChI is InChI=1S/C26H36ClN3O4S/c1-18(2)28-26(32)21(5)29(17-22-12-8-7-11-19(22)3)25(31)15-10-16-30(35(6,33)34)24-14-9-13-23(27)20(24)4/h7-9,11-14,18,21H,10,15-17H2,1-6H3,(H,28,32)/t21-/m0/s1. The summed E-state index contributed by atoms with van der Waals surface area (Å²) < 4.78 is 26.3. The van der Waals surface area contributed by atoms with Crippen LogP contribution in [0.3, 0.4) is 0 Å². The van der Waals surface area contributed by atoms with Crippen LogP contribution in [0.5, 0.6) is 0 Å². The van der Waals surface area contributed by atoms with Crippen molar-refractivity contribution in [2.24, 2.45) is 0 Å². The second-order valence-corrected chi connectivity index (χ2v) is 11.4. The summed E-state index contributed by atoms with van der Waals surface area (Å²) in [5, 5.41) is 3.35. The van der Waals surface area contributed by atoms with Crippen LogP contribution in [-0.2, 0) is 26.2 Å². The Morgan fingerprint density at radius 1 is 1.03 bits per heavy atom. The van der Waals surface area contributed by atoms with E-state index in [0.717, 1.165) is 17.4 Å². The summed E-state index contributed by atoms with van der Waals surface area (Å²) in [5.41, 5.74) is 3.14. The minimum atomic E-state index is -3.59. The molecular formula is C26H36ClN3O4S. The van der Waals surface area contributed by atoms with E-state index in [2.05, 4.69) is 5.32 Å². The number of nitrogens with one attached hydrogen (secondary N) is 1. The van der Waals surface area contributed by atoms with Crippen LogP contribution < -0.4 is 9.62 Å². The fourth-order valence-electron chi connectivity index (χ4n) is 3.81. The molecule has 0 bridgehead atoms. The lowest BCUT2D eigenvalue weighted by atomic mass is 10.1. The fraction of sp³-hybridized carbons (Fsp3) is 0.462. The molecule has 1 atom stereocenters. The first-order valence-electron chi connectivity index (χ1n) is 11.7. The van der Waals surface area contributed by atoms with Crippen LogP contribution in [0.1, 0.15) is 50.3 Å². The second-order valence-electron chi connectivity index (χ2n) is 9.11. The molecule has 7 nitrogen and oxygen atoms in total. The maximum Gasteiger partial charge on any atom is 0.242 e. The van der Waals surface area contributed by atoms with Gasteiger partial charge in [-0.15, -0.1) is 0 Å². The van der Waals surface area contributed by atoms with Crippen LogP contribution in [-0.4, -0.2) is 50.0 Å².